The molecule has 1 N–H and O–H groups in total. The van der Waals surface area contributed by atoms with Crippen LogP contribution >= 0.6 is 0 Å². The molecule has 17 heavy (non-hydrogen) atoms. The van der Waals surface area contributed by atoms with E-state index < -0.39 is 0 Å². The van der Waals surface area contributed by atoms with Crippen molar-refractivity contribution in [2.75, 3.05) is 13.7 Å². The number of nitriles is 1. The van der Waals surface area contributed by atoms with Crippen LogP contribution in [0.15, 0.2) is 18.2 Å². The molecule has 0 amide bonds. The third-order valence-corrected chi connectivity index (χ3v) is 2.69. The molecular weight excluding hydrogens is 216 g/mol. The van der Waals surface area contributed by atoms with Crippen molar-refractivity contribution in [2.24, 2.45) is 0 Å². The van der Waals surface area contributed by atoms with E-state index in [0.717, 1.165) is 12.1 Å². The van der Waals surface area contributed by atoms with Crippen LogP contribution in [0.2, 0.25) is 0 Å². The lowest BCUT2D eigenvalue weighted by Crippen LogP contribution is -2.15. The first-order valence-corrected chi connectivity index (χ1v) is 5.73. The predicted octanol–water partition coefficient (Wildman–Crippen LogP) is 1.85. The number of methoxy groups -OCH3 is 1. The second-order valence-electron chi connectivity index (χ2n) is 4.09. The topological polar surface area (TPSA) is 54.3 Å². The highest BCUT2D eigenvalue weighted by atomic mass is 16.5. The third kappa shape index (κ3) is 3.36. The SMILES string of the molecule is COc1ccc(CNC2CC2)cc1OCC#N. The molecule has 0 unspecified atom stereocenters. The van der Waals surface area contributed by atoms with Crippen LogP contribution in [-0.4, -0.2) is 19.8 Å². The maximum atomic E-state index is 8.52. The molecular formula is C13H16N2O2. The molecule has 0 aromatic heterocycles. The Labute approximate surface area is 101 Å². The van der Waals surface area contributed by atoms with Crippen LogP contribution in [0.25, 0.3) is 0 Å². The zero-order chi connectivity index (χ0) is 12.1. The second-order valence-corrected chi connectivity index (χ2v) is 4.09. The van der Waals surface area contributed by atoms with E-state index in [9.17, 15) is 0 Å². The molecule has 4 heteroatoms. The molecule has 90 valence electrons. The minimum absolute atomic E-state index is 0.0376. The Kier molecular flexibility index (Phi) is 3.84. The van der Waals surface area contributed by atoms with Gasteiger partial charge in [-0.05, 0) is 30.5 Å². The van der Waals surface area contributed by atoms with Gasteiger partial charge in [-0.1, -0.05) is 6.07 Å². The molecule has 1 aromatic carbocycles. The summed E-state index contributed by atoms with van der Waals surface area (Å²) in [5.74, 6) is 1.29. The highest BCUT2D eigenvalue weighted by Crippen LogP contribution is 2.28. The van der Waals surface area contributed by atoms with Crippen molar-refractivity contribution in [1.29, 1.82) is 5.26 Å². The lowest BCUT2D eigenvalue weighted by molar-refractivity contribution is 0.329. The summed E-state index contributed by atoms with van der Waals surface area (Å²) in [6.45, 7) is 0.868. The van der Waals surface area contributed by atoms with Crippen molar-refractivity contribution in [1.82, 2.24) is 5.32 Å². The number of hydrogen-bond donors (Lipinski definition) is 1. The van der Waals surface area contributed by atoms with Crippen molar-refractivity contribution in [2.45, 2.75) is 25.4 Å². The maximum absolute atomic E-state index is 8.52. The van der Waals surface area contributed by atoms with Crippen LogP contribution < -0.4 is 14.8 Å². The molecule has 1 saturated carbocycles. The molecule has 0 atom stereocenters. The summed E-state index contributed by atoms with van der Waals surface area (Å²) in [4.78, 5) is 0. The van der Waals surface area contributed by atoms with Crippen LogP contribution in [-0.2, 0) is 6.54 Å². The Morgan fingerprint density at radius 3 is 2.88 bits per heavy atom. The monoisotopic (exact) mass is 232 g/mol. The van der Waals surface area contributed by atoms with Gasteiger partial charge in [0.2, 0.25) is 0 Å². The number of benzene rings is 1. The van der Waals surface area contributed by atoms with Gasteiger partial charge in [0, 0.05) is 12.6 Å². The number of rotatable bonds is 6. The molecule has 1 aromatic rings. The first-order valence-electron chi connectivity index (χ1n) is 5.73. The van der Waals surface area contributed by atoms with Gasteiger partial charge in [-0.3, -0.25) is 0 Å². The summed E-state index contributed by atoms with van der Waals surface area (Å²) >= 11 is 0. The van der Waals surface area contributed by atoms with E-state index >= 15 is 0 Å². The summed E-state index contributed by atoms with van der Waals surface area (Å²) in [5, 5.41) is 11.9. The Bertz CT molecular complexity index is 422. The maximum Gasteiger partial charge on any atom is 0.174 e. The Balaban J connectivity index is 2.03. The summed E-state index contributed by atoms with van der Waals surface area (Å²) in [6, 6.07) is 8.44. The first-order chi connectivity index (χ1) is 8.33. The zero-order valence-corrected chi connectivity index (χ0v) is 9.90. The molecule has 1 aliphatic carbocycles. The van der Waals surface area contributed by atoms with Crippen molar-refractivity contribution in [3.63, 3.8) is 0 Å². The van der Waals surface area contributed by atoms with Crippen molar-refractivity contribution in [3.05, 3.63) is 23.8 Å². The van der Waals surface area contributed by atoms with Gasteiger partial charge in [-0.25, -0.2) is 0 Å². The molecule has 4 nitrogen and oxygen atoms in total. The van der Waals surface area contributed by atoms with E-state index in [2.05, 4.69) is 5.32 Å². The molecule has 1 fully saturated rings. The lowest BCUT2D eigenvalue weighted by Gasteiger charge is -2.10. The van der Waals surface area contributed by atoms with Gasteiger partial charge in [-0.2, -0.15) is 5.26 Å². The van der Waals surface area contributed by atoms with E-state index in [1.807, 2.05) is 24.3 Å². The van der Waals surface area contributed by atoms with E-state index in [4.69, 9.17) is 14.7 Å². The molecule has 0 heterocycles. The fraction of sp³-hybridized carbons (Fsp3) is 0.462. The minimum atomic E-state index is 0.0376. The van der Waals surface area contributed by atoms with Crippen molar-refractivity contribution in [3.8, 4) is 17.6 Å². The largest absolute Gasteiger partial charge is 0.493 e. The number of nitrogens with zero attached hydrogens (tertiary/aromatic N) is 1. The zero-order valence-electron chi connectivity index (χ0n) is 9.90. The normalized spacial score (nSPS) is 14.1. The smallest absolute Gasteiger partial charge is 0.174 e. The first kappa shape index (κ1) is 11.7. The number of hydrogen-bond acceptors (Lipinski definition) is 4. The summed E-state index contributed by atoms with van der Waals surface area (Å²) in [6.07, 6.45) is 2.54. The highest BCUT2D eigenvalue weighted by molar-refractivity contribution is 5.43. The highest BCUT2D eigenvalue weighted by Gasteiger charge is 2.20. The van der Waals surface area contributed by atoms with Crippen molar-refractivity contribution < 1.29 is 9.47 Å². The Hall–Kier alpha value is -1.73. The van der Waals surface area contributed by atoms with E-state index in [1.165, 1.54) is 12.8 Å². The average molecular weight is 232 g/mol. The van der Waals surface area contributed by atoms with Crippen LogP contribution in [0, 0.1) is 11.3 Å². The molecule has 0 aliphatic heterocycles. The summed E-state index contributed by atoms with van der Waals surface area (Å²) in [5.41, 5.74) is 1.14. The van der Waals surface area contributed by atoms with Crippen LogP contribution in [0.1, 0.15) is 18.4 Å². The standard InChI is InChI=1S/C13H16N2O2/c1-16-12-5-2-10(9-15-11-3-4-11)8-13(12)17-7-6-14/h2,5,8,11,15H,3-4,7,9H2,1H3. The van der Waals surface area contributed by atoms with E-state index in [1.54, 1.807) is 7.11 Å². The quantitative estimate of drug-likeness (QED) is 0.813. The molecule has 1 aliphatic rings. The molecule has 0 bridgehead atoms. The number of ether oxygens (including phenoxy) is 2. The van der Waals surface area contributed by atoms with Gasteiger partial charge in [0.25, 0.3) is 0 Å². The lowest BCUT2D eigenvalue weighted by atomic mass is 10.2. The van der Waals surface area contributed by atoms with Gasteiger partial charge in [0.15, 0.2) is 18.1 Å². The second kappa shape index (κ2) is 5.55. The average Bonchev–Trinajstić information content (AvgIpc) is 3.18. The Morgan fingerprint density at radius 2 is 2.24 bits per heavy atom. The van der Waals surface area contributed by atoms with Crippen molar-refractivity contribution >= 4 is 0 Å². The van der Waals surface area contributed by atoms with Gasteiger partial charge in [0.1, 0.15) is 6.07 Å². The van der Waals surface area contributed by atoms with Gasteiger partial charge >= 0.3 is 0 Å². The van der Waals surface area contributed by atoms with Gasteiger partial charge < -0.3 is 14.8 Å². The molecule has 0 spiro atoms. The van der Waals surface area contributed by atoms with Gasteiger partial charge in [0.05, 0.1) is 7.11 Å². The van der Waals surface area contributed by atoms with Gasteiger partial charge in [-0.15, -0.1) is 0 Å². The molecule has 0 saturated heterocycles. The number of nitrogens with one attached hydrogen (secondary N) is 1. The fourth-order valence-corrected chi connectivity index (χ4v) is 1.60. The van der Waals surface area contributed by atoms with E-state index in [0.29, 0.717) is 17.5 Å². The summed E-state index contributed by atoms with van der Waals surface area (Å²) in [7, 11) is 1.59. The molecule has 2 rings (SSSR count). The van der Waals surface area contributed by atoms with E-state index in [-0.39, 0.29) is 6.61 Å². The third-order valence-electron chi connectivity index (χ3n) is 2.69. The Morgan fingerprint density at radius 1 is 1.41 bits per heavy atom. The molecule has 0 radical (unpaired) electrons. The predicted molar refractivity (Wildman–Crippen MR) is 64.0 cm³/mol. The summed E-state index contributed by atoms with van der Waals surface area (Å²) < 4.78 is 10.5. The fourth-order valence-electron chi connectivity index (χ4n) is 1.60. The van der Waals surface area contributed by atoms with Crippen LogP contribution in [0.4, 0.5) is 0 Å². The minimum Gasteiger partial charge on any atom is -0.493 e. The van der Waals surface area contributed by atoms with Crippen LogP contribution in [0.3, 0.4) is 0 Å². The van der Waals surface area contributed by atoms with Crippen LogP contribution in [0.5, 0.6) is 11.5 Å².